The number of amides is 1. The molecule has 0 unspecified atom stereocenters. The molecular weight excluding hydrogens is 378 g/mol. The lowest BCUT2D eigenvalue weighted by atomic mass is 10.0. The van der Waals surface area contributed by atoms with Crippen molar-refractivity contribution in [1.82, 2.24) is 20.3 Å². The largest absolute Gasteiger partial charge is 0.423 e. The molecule has 1 aromatic carbocycles. The number of carbonyl (C=O) groups is 1. The number of rotatable bonds is 4. The van der Waals surface area contributed by atoms with Gasteiger partial charge < -0.3 is 15.0 Å². The van der Waals surface area contributed by atoms with Crippen LogP contribution < -0.4 is 15.0 Å². The van der Waals surface area contributed by atoms with Crippen LogP contribution in [-0.4, -0.2) is 40.0 Å². The number of nitrogens with zero attached hydrogens (tertiary/aromatic N) is 4. The average Bonchev–Trinajstić information content (AvgIpc) is 3.33. The van der Waals surface area contributed by atoms with Gasteiger partial charge >= 0.3 is 6.01 Å². The number of anilines is 1. The third-order valence-electron chi connectivity index (χ3n) is 5.71. The summed E-state index contributed by atoms with van der Waals surface area (Å²) in [7, 11) is 0. The van der Waals surface area contributed by atoms with Crippen LogP contribution in [0.5, 0.6) is 11.8 Å². The Morgan fingerprint density at radius 1 is 1.23 bits per heavy atom. The quantitative estimate of drug-likeness (QED) is 0.565. The molecule has 0 spiro atoms. The van der Waals surface area contributed by atoms with Gasteiger partial charge in [0.15, 0.2) is 0 Å². The van der Waals surface area contributed by atoms with Crippen LogP contribution in [-0.2, 0) is 11.2 Å². The second-order valence-electron chi connectivity index (χ2n) is 7.85. The normalized spacial score (nSPS) is 16.9. The fraction of sp³-hybridized carbons (Fsp3) is 0.304. The van der Waals surface area contributed by atoms with Crippen molar-refractivity contribution in [2.75, 3.05) is 18.0 Å². The molecule has 7 nitrogen and oxygen atoms in total. The summed E-state index contributed by atoms with van der Waals surface area (Å²) < 4.78 is 5.94. The zero-order chi connectivity index (χ0) is 20.7. The average molecular weight is 401 g/mol. The zero-order valence-electron chi connectivity index (χ0n) is 17.1. The summed E-state index contributed by atoms with van der Waals surface area (Å²) >= 11 is 0. The van der Waals surface area contributed by atoms with Gasteiger partial charge in [-0.05, 0) is 42.2 Å². The first kappa shape index (κ1) is 18.5. The number of fused-ring (bicyclic) bond motifs is 3. The van der Waals surface area contributed by atoms with Crippen molar-refractivity contribution < 1.29 is 9.53 Å². The summed E-state index contributed by atoms with van der Waals surface area (Å²) in [5, 5.41) is 3.03. The van der Waals surface area contributed by atoms with Crippen molar-refractivity contribution in [3.8, 4) is 22.9 Å². The van der Waals surface area contributed by atoms with Crippen LogP contribution in [0, 0.1) is 6.92 Å². The number of carbonyl (C=O) groups excluding carboxylic acids is 1. The van der Waals surface area contributed by atoms with Gasteiger partial charge in [0.05, 0.1) is 11.9 Å². The number of nitrogens with one attached hydrogen (secondary N) is 1. The summed E-state index contributed by atoms with van der Waals surface area (Å²) in [6.45, 7) is 5.23. The highest BCUT2D eigenvalue weighted by atomic mass is 16.5. The number of aromatic nitrogens is 3. The van der Waals surface area contributed by atoms with Crippen LogP contribution in [0.2, 0.25) is 0 Å². The van der Waals surface area contributed by atoms with Crippen molar-refractivity contribution in [3.05, 3.63) is 59.5 Å². The molecule has 1 fully saturated rings. The maximum absolute atomic E-state index is 11.5. The molecule has 5 rings (SSSR count). The summed E-state index contributed by atoms with van der Waals surface area (Å²) in [5.41, 5.74) is 5.79. The second kappa shape index (κ2) is 7.40. The van der Waals surface area contributed by atoms with Crippen molar-refractivity contribution in [2.45, 2.75) is 32.7 Å². The van der Waals surface area contributed by atoms with Crippen LogP contribution in [0.1, 0.15) is 30.2 Å². The summed E-state index contributed by atoms with van der Waals surface area (Å²) in [5.74, 6) is 1.47. The first-order valence-electron chi connectivity index (χ1n) is 10.2. The number of hydrogen-bond acceptors (Lipinski definition) is 6. The van der Waals surface area contributed by atoms with E-state index in [1.165, 1.54) is 16.7 Å². The summed E-state index contributed by atoms with van der Waals surface area (Å²) in [6, 6.07) is 10.5. The van der Waals surface area contributed by atoms with E-state index in [0.29, 0.717) is 11.8 Å². The van der Waals surface area contributed by atoms with E-state index in [0.717, 1.165) is 43.0 Å². The molecule has 3 aromatic rings. The smallest absolute Gasteiger partial charge is 0.324 e. The molecule has 7 heteroatoms. The molecule has 0 saturated carbocycles. The molecule has 0 radical (unpaired) electrons. The highest BCUT2D eigenvalue weighted by Gasteiger charge is 2.32. The lowest BCUT2D eigenvalue weighted by Gasteiger charge is -2.21. The fourth-order valence-electron chi connectivity index (χ4n) is 4.36. The Balaban J connectivity index is 1.56. The van der Waals surface area contributed by atoms with Gasteiger partial charge in [-0.25, -0.2) is 0 Å². The van der Waals surface area contributed by atoms with Crippen molar-refractivity contribution in [1.29, 1.82) is 0 Å². The van der Waals surface area contributed by atoms with E-state index in [2.05, 4.69) is 40.3 Å². The third-order valence-corrected chi connectivity index (χ3v) is 5.71. The molecule has 1 N–H and O–H groups in total. The van der Waals surface area contributed by atoms with Gasteiger partial charge in [0.25, 0.3) is 0 Å². The van der Waals surface area contributed by atoms with Gasteiger partial charge in [0, 0.05) is 44.2 Å². The Labute approximate surface area is 175 Å². The third kappa shape index (κ3) is 3.36. The van der Waals surface area contributed by atoms with Gasteiger partial charge in [0.2, 0.25) is 5.91 Å². The minimum Gasteiger partial charge on any atom is -0.423 e. The summed E-state index contributed by atoms with van der Waals surface area (Å²) in [6.07, 6.45) is 5.00. The van der Waals surface area contributed by atoms with Gasteiger partial charge in [-0.3, -0.25) is 9.78 Å². The van der Waals surface area contributed by atoms with Crippen LogP contribution in [0.3, 0.4) is 0 Å². The first-order chi connectivity index (χ1) is 14.6. The molecule has 152 valence electrons. The molecule has 0 bridgehead atoms. The lowest BCUT2D eigenvalue weighted by molar-refractivity contribution is -0.119. The van der Waals surface area contributed by atoms with E-state index < -0.39 is 0 Å². The van der Waals surface area contributed by atoms with Crippen LogP contribution >= 0.6 is 0 Å². The number of benzene rings is 1. The lowest BCUT2D eigenvalue weighted by Crippen LogP contribution is -2.35. The number of pyridine rings is 1. The Bertz CT molecular complexity index is 1120. The molecule has 30 heavy (non-hydrogen) atoms. The predicted octanol–water partition coefficient (Wildman–Crippen LogP) is 3.26. The monoisotopic (exact) mass is 401 g/mol. The van der Waals surface area contributed by atoms with E-state index in [1.807, 2.05) is 12.1 Å². The highest BCUT2D eigenvalue weighted by molar-refractivity contribution is 5.85. The van der Waals surface area contributed by atoms with Gasteiger partial charge in [0.1, 0.15) is 11.6 Å². The fourth-order valence-corrected chi connectivity index (χ4v) is 4.36. The van der Waals surface area contributed by atoms with Gasteiger partial charge in [-0.2, -0.15) is 9.97 Å². The van der Waals surface area contributed by atoms with E-state index in [1.54, 1.807) is 19.3 Å². The maximum Gasteiger partial charge on any atom is 0.324 e. The SMILES string of the molecule is CC(=O)N[C@H]1CCN(c2nc(Oc3cccnc3)nc3c2-c2cccc(C)c2C3)C1. The number of hydrogen-bond donors (Lipinski definition) is 1. The van der Waals surface area contributed by atoms with E-state index >= 15 is 0 Å². The minimum atomic E-state index is -0.00339. The van der Waals surface area contributed by atoms with E-state index in [9.17, 15) is 4.79 Å². The van der Waals surface area contributed by atoms with Gasteiger partial charge in [-0.15, -0.1) is 0 Å². The molecule has 1 atom stereocenters. The van der Waals surface area contributed by atoms with Crippen LogP contribution in [0.25, 0.3) is 11.1 Å². The van der Waals surface area contributed by atoms with Crippen molar-refractivity contribution in [3.63, 3.8) is 0 Å². The Kier molecular flexibility index (Phi) is 4.58. The molecular formula is C23H23N5O2. The Morgan fingerprint density at radius 2 is 2.13 bits per heavy atom. The minimum absolute atomic E-state index is 0.00339. The topological polar surface area (TPSA) is 80.2 Å². The number of ether oxygens (including phenoxy) is 1. The van der Waals surface area contributed by atoms with Crippen LogP contribution in [0.15, 0.2) is 42.7 Å². The highest BCUT2D eigenvalue weighted by Crippen LogP contribution is 2.44. The molecule has 1 aliphatic carbocycles. The summed E-state index contributed by atoms with van der Waals surface area (Å²) in [4.78, 5) is 27.4. The first-order valence-corrected chi connectivity index (χ1v) is 10.2. The molecule has 2 aromatic heterocycles. The Hall–Kier alpha value is -3.48. The molecule has 1 saturated heterocycles. The van der Waals surface area contributed by atoms with Crippen molar-refractivity contribution >= 4 is 11.7 Å². The number of aryl methyl sites for hydroxylation is 1. The van der Waals surface area contributed by atoms with E-state index in [-0.39, 0.29) is 11.9 Å². The van der Waals surface area contributed by atoms with Crippen molar-refractivity contribution in [2.24, 2.45) is 0 Å². The molecule has 2 aliphatic rings. The Morgan fingerprint density at radius 3 is 2.93 bits per heavy atom. The standard InChI is InChI=1S/C23H23N5O2/c1-14-5-3-7-18-19(14)11-20-21(18)22(28-10-8-16(13-28)25-15(2)29)27-23(26-20)30-17-6-4-9-24-12-17/h3-7,9,12,16H,8,10-11,13H2,1-2H3,(H,25,29)/t16-/m0/s1. The van der Waals surface area contributed by atoms with Gasteiger partial charge in [-0.1, -0.05) is 18.2 Å². The second-order valence-corrected chi connectivity index (χ2v) is 7.85. The molecule has 1 amide bonds. The molecule has 3 heterocycles. The maximum atomic E-state index is 11.5. The van der Waals surface area contributed by atoms with E-state index in [4.69, 9.17) is 14.7 Å². The van der Waals surface area contributed by atoms with Crippen LogP contribution in [0.4, 0.5) is 5.82 Å². The predicted molar refractivity (Wildman–Crippen MR) is 114 cm³/mol. The molecule has 1 aliphatic heterocycles. The zero-order valence-corrected chi connectivity index (χ0v) is 17.1.